The van der Waals surface area contributed by atoms with E-state index in [1.54, 1.807) is 0 Å². The van der Waals surface area contributed by atoms with Crippen molar-refractivity contribution in [3.63, 3.8) is 0 Å². The van der Waals surface area contributed by atoms with E-state index in [1.807, 2.05) is 0 Å². The van der Waals surface area contributed by atoms with Crippen molar-refractivity contribution in [2.45, 2.75) is 39.1 Å². The van der Waals surface area contributed by atoms with Crippen LogP contribution in [0.3, 0.4) is 0 Å². The number of hydrogen-bond acceptors (Lipinski definition) is 9. The molecule has 11 heteroatoms. The lowest BCUT2D eigenvalue weighted by molar-refractivity contribution is -1.45. The lowest BCUT2D eigenvalue weighted by atomic mass is 10.3. The van der Waals surface area contributed by atoms with Crippen LogP contribution in [0.25, 0.3) is 0 Å². The molecule has 0 bridgehead atoms. The van der Waals surface area contributed by atoms with Crippen LogP contribution in [0.5, 0.6) is 0 Å². The van der Waals surface area contributed by atoms with E-state index in [4.69, 9.17) is 38.9 Å². The normalized spacial score (nSPS) is 17.4. The van der Waals surface area contributed by atoms with Gasteiger partial charge in [-0.1, -0.05) is 10.7 Å². The Morgan fingerprint density at radius 1 is 1.11 bits per heavy atom. The van der Waals surface area contributed by atoms with Gasteiger partial charge in [0, 0.05) is 18.9 Å². The molecule has 0 spiro atoms. The highest BCUT2D eigenvalue weighted by molar-refractivity contribution is 5.21. The van der Waals surface area contributed by atoms with Crippen molar-refractivity contribution in [2.75, 3.05) is 0 Å². The van der Waals surface area contributed by atoms with E-state index in [0.717, 1.165) is 0 Å². The van der Waals surface area contributed by atoms with Gasteiger partial charge in [-0.2, -0.15) is 0 Å². The predicted octanol–water partition coefficient (Wildman–Crippen LogP) is -2.04. The molecule has 1 atom stereocenters. The summed E-state index contributed by atoms with van der Waals surface area (Å²) in [6.07, 6.45) is 0. The fraction of sp³-hybridized carbons (Fsp3) is 0.857. The molecule has 0 amide bonds. The van der Waals surface area contributed by atoms with Crippen LogP contribution in [0.4, 0.5) is 0 Å². The molecule has 0 saturated carbocycles. The van der Waals surface area contributed by atoms with Crippen LogP contribution in [-0.4, -0.2) is 28.1 Å². The number of nitrogens with two attached hydrogens (primary N) is 5. The van der Waals surface area contributed by atoms with Crippen LogP contribution in [0.1, 0.15) is 27.7 Å². The van der Waals surface area contributed by atoms with Crippen LogP contribution in [0.15, 0.2) is 5.10 Å². The molecule has 10 N–H and O–H groups in total. The molecule has 0 aromatic heterocycles. The fourth-order valence-electron chi connectivity index (χ4n) is 0.783. The first-order valence-electron chi connectivity index (χ1n) is 4.99. The highest BCUT2D eigenvalue weighted by Crippen LogP contribution is 2.21. The van der Waals surface area contributed by atoms with Crippen LogP contribution in [-0.2, 0) is 14.6 Å². The Kier molecular flexibility index (Phi) is 4.89. The van der Waals surface area contributed by atoms with E-state index < -0.39 is 21.3 Å². The summed E-state index contributed by atoms with van der Waals surface area (Å²) in [7, 11) is 0. The largest absolute Gasteiger partial charge is 0.299 e. The third-order valence-electron chi connectivity index (χ3n) is 1.95. The lowest BCUT2D eigenvalue weighted by Crippen LogP contribution is -2.77. The molecule has 0 fully saturated rings. The average molecular weight is 268 g/mol. The van der Waals surface area contributed by atoms with E-state index in [-0.39, 0.29) is 0 Å². The second-order valence-electron chi connectivity index (χ2n) is 4.76. The van der Waals surface area contributed by atoms with E-state index >= 15 is 0 Å². The maximum Gasteiger partial charge on any atom is 0.287 e. The summed E-state index contributed by atoms with van der Waals surface area (Å²) >= 11 is 0. The minimum absolute atomic E-state index is 1.18. The minimum atomic E-state index is -1.34. The molecule has 0 aliphatic carbocycles. The quantitative estimate of drug-likeness (QED) is 0.115. The predicted molar refractivity (Wildman–Crippen MR) is 62.4 cm³/mol. The fourth-order valence-corrected chi connectivity index (χ4v) is 0.783. The van der Waals surface area contributed by atoms with Gasteiger partial charge in [0.15, 0.2) is 5.72 Å². The van der Waals surface area contributed by atoms with E-state index in [2.05, 4.69) is 16.7 Å². The van der Waals surface area contributed by atoms with Crippen LogP contribution < -0.4 is 29.2 Å². The smallest absolute Gasteiger partial charge is 0.287 e. The van der Waals surface area contributed by atoms with Gasteiger partial charge in [-0.05, 0) is 13.8 Å². The van der Waals surface area contributed by atoms with Gasteiger partial charge >= 0.3 is 0 Å². The van der Waals surface area contributed by atoms with Crippen molar-refractivity contribution in [2.24, 2.45) is 34.3 Å². The van der Waals surface area contributed by atoms with Gasteiger partial charge in [0.2, 0.25) is 5.03 Å². The SMILES string of the molecule is C=N[N+](N)(OC(C)(C)N)O[N+](N)(N)C(C)(C)ON. The zero-order valence-corrected chi connectivity index (χ0v) is 11.2. The molecule has 0 heterocycles. The number of quaternary nitrogens is 2. The lowest BCUT2D eigenvalue weighted by Gasteiger charge is -2.36. The maximum absolute atomic E-state index is 5.67. The number of hydrogen-bond donors (Lipinski definition) is 5. The molecule has 0 aliphatic rings. The van der Waals surface area contributed by atoms with Gasteiger partial charge < -0.3 is 0 Å². The third kappa shape index (κ3) is 4.51. The molecule has 1 unspecified atom stereocenters. The highest BCUT2D eigenvalue weighted by Gasteiger charge is 2.54. The summed E-state index contributed by atoms with van der Waals surface area (Å²) in [5.74, 6) is 22.0. The van der Waals surface area contributed by atoms with Gasteiger partial charge in [-0.25, -0.2) is 10.7 Å². The Hall–Kier alpha value is -0.730. The van der Waals surface area contributed by atoms with Crippen molar-refractivity contribution >= 4 is 6.72 Å². The van der Waals surface area contributed by atoms with Crippen LogP contribution in [0, 0.1) is 0 Å². The minimum Gasteiger partial charge on any atom is -0.299 e. The third-order valence-corrected chi connectivity index (χ3v) is 1.95. The van der Waals surface area contributed by atoms with Crippen molar-refractivity contribution in [3.05, 3.63) is 0 Å². The van der Waals surface area contributed by atoms with Gasteiger partial charge in [0.25, 0.3) is 5.72 Å². The Morgan fingerprint density at radius 3 is 1.83 bits per heavy atom. The van der Waals surface area contributed by atoms with Crippen molar-refractivity contribution < 1.29 is 24.5 Å². The van der Waals surface area contributed by atoms with E-state index in [1.165, 1.54) is 27.7 Å². The summed E-state index contributed by atoms with van der Waals surface area (Å²) in [6.45, 7) is 9.18. The Labute approximate surface area is 106 Å². The van der Waals surface area contributed by atoms with Gasteiger partial charge in [0.05, 0.1) is 11.6 Å². The van der Waals surface area contributed by atoms with Gasteiger partial charge in [-0.15, -0.1) is 11.7 Å². The monoisotopic (exact) mass is 268 g/mol. The highest BCUT2D eigenvalue weighted by atomic mass is 17.2. The Morgan fingerprint density at radius 2 is 1.56 bits per heavy atom. The van der Waals surface area contributed by atoms with E-state index in [9.17, 15) is 0 Å². The van der Waals surface area contributed by atoms with E-state index in [0.29, 0.717) is 0 Å². The first-order valence-corrected chi connectivity index (χ1v) is 4.99. The van der Waals surface area contributed by atoms with Crippen molar-refractivity contribution in [3.8, 4) is 0 Å². The summed E-state index contributed by atoms with van der Waals surface area (Å²) in [6, 6.07) is 0. The molecule has 0 aliphatic heterocycles. The molecule has 18 heavy (non-hydrogen) atoms. The van der Waals surface area contributed by atoms with Crippen molar-refractivity contribution in [1.82, 2.24) is 0 Å². The molecule has 0 rings (SSSR count). The number of nitrogens with zero attached hydrogens (tertiary/aromatic N) is 3. The maximum atomic E-state index is 5.67. The Balaban J connectivity index is 5.08. The summed E-state index contributed by atoms with van der Waals surface area (Å²) in [5, 5.41) is 2.06. The summed E-state index contributed by atoms with van der Waals surface area (Å²) < 4.78 is 0. The average Bonchev–Trinajstić information content (AvgIpc) is 2.13. The first-order chi connectivity index (χ1) is 7.79. The molecule has 0 aromatic rings. The van der Waals surface area contributed by atoms with Crippen LogP contribution in [0.2, 0.25) is 0 Å². The zero-order valence-electron chi connectivity index (χ0n) is 11.2. The van der Waals surface area contributed by atoms with Crippen LogP contribution >= 0.6 is 0 Å². The topological polar surface area (TPSA) is 170 Å². The molecule has 11 nitrogen and oxygen atoms in total. The van der Waals surface area contributed by atoms with Crippen molar-refractivity contribution in [1.29, 1.82) is 0 Å². The zero-order chi connectivity index (χ0) is 14.8. The van der Waals surface area contributed by atoms with Gasteiger partial charge in [0.1, 0.15) is 4.94 Å². The van der Waals surface area contributed by atoms with Gasteiger partial charge in [-0.3, -0.25) is 5.73 Å². The molecular formula is C7H24N8O3+2. The summed E-state index contributed by atoms with van der Waals surface area (Å²) in [4.78, 5) is 13.6. The molecule has 0 radical (unpaired) electrons. The second kappa shape index (κ2) is 5.10. The molecule has 0 aromatic carbocycles. The molecular weight excluding hydrogens is 244 g/mol. The standard InChI is InChI=1S/C7H24N8O3/c1-6(2,8)17-15(11,13-5)18-14(9,10)7(3,4)16-12/h5,8-12H2,1-4H3/q+2. The number of rotatable bonds is 7. The first kappa shape index (κ1) is 17.3. The molecule has 0 saturated heterocycles. The Bertz CT molecular complexity index is 302. The molecule has 108 valence electrons. The summed E-state index contributed by atoms with van der Waals surface area (Å²) in [5.41, 5.74) is 3.11. The second-order valence-corrected chi connectivity index (χ2v) is 4.76. The number of hydroxylamine groups is 1.